The van der Waals surface area contributed by atoms with Gasteiger partial charge in [-0.05, 0) is 36.2 Å². The molecule has 0 heterocycles. The van der Waals surface area contributed by atoms with Gasteiger partial charge in [0, 0.05) is 5.56 Å². The van der Waals surface area contributed by atoms with Crippen LogP contribution in [-0.2, 0) is 17.9 Å². The van der Waals surface area contributed by atoms with Crippen LogP contribution < -0.4 is 19.7 Å². The zero-order chi connectivity index (χ0) is 22.1. The maximum absolute atomic E-state index is 12.4. The van der Waals surface area contributed by atoms with E-state index < -0.39 is 0 Å². The van der Waals surface area contributed by atoms with E-state index in [9.17, 15) is 4.79 Å². The molecule has 0 bridgehead atoms. The third-order valence-electron chi connectivity index (χ3n) is 5.11. The molecule has 0 radical (unpaired) electrons. The smallest absolute Gasteiger partial charge is 0.275 e. The molecule has 5 nitrogen and oxygen atoms in total. The zero-order valence-corrected chi connectivity index (χ0v) is 18.4. The van der Waals surface area contributed by atoms with Gasteiger partial charge in [0.25, 0.3) is 5.91 Å². The molecule has 0 fully saturated rings. The number of hydrogen-bond donors (Lipinski definition) is 2. The fourth-order valence-electron chi connectivity index (χ4n) is 3.48. The van der Waals surface area contributed by atoms with E-state index in [0.29, 0.717) is 31.2 Å². The molecule has 3 rings (SSSR count). The van der Waals surface area contributed by atoms with Crippen LogP contribution in [0.3, 0.4) is 0 Å². The summed E-state index contributed by atoms with van der Waals surface area (Å²) in [4.78, 5) is 13.5. The Kier molecular flexibility index (Phi) is 8.07. The average molecular weight is 420 g/mol. The summed E-state index contributed by atoms with van der Waals surface area (Å²) < 4.78 is 11.5. The second kappa shape index (κ2) is 11.2. The molecule has 0 spiro atoms. The lowest BCUT2D eigenvalue weighted by atomic mass is 10.1. The van der Waals surface area contributed by atoms with Gasteiger partial charge in [-0.15, -0.1) is 0 Å². The Morgan fingerprint density at radius 3 is 2.29 bits per heavy atom. The van der Waals surface area contributed by atoms with Gasteiger partial charge in [0.1, 0.15) is 13.2 Å². The number of nitrogens with one attached hydrogen (secondary N) is 2. The Morgan fingerprint density at radius 2 is 1.61 bits per heavy atom. The largest absolute Gasteiger partial charge is 0.493 e. The van der Waals surface area contributed by atoms with Crippen molar-refractivity contribution in [2.24, 2.45) is 0 Å². The summed E-state index contributed by atoms with van der Waals surface area (Å²) in [6.45, 7) is 3.59. The number of likely N-dealkylation sites (N-methyl/N-ethyl adjacent to an activating group) is 1. The Bertz CT molecular complexity index is 961. The zero-order valence-electron chi connectivity index (χ0n) is 18.4. The van der Waals surface area contributed by atoms with Crippen molar-refractivity contribution in [1.29, 1.82) is 0 Å². The number of benzene rings is 3. The van der Waals surface area contributed by atoms with Gasteiger partial charge >= 0.3 is 0 Å². The minimum atomic E-state index is -0.0114. The van der Waals surface area contributed by atoms with Crippen molar-refractivity contribution >= 4 is 5.91 Å². The highest BCUT2D eigenvalue weighted by molar-refractivity contribution is 5.77. The van der Waals surface area contributed by atoms with Gasteiger partial charge in [-0.3, -0.25) is 4.79 Å². The first-order valence-corrected chi connectivity index (χ1v) is 10.5. The summed E-state index contributed by atoms with van der Waals surface area (Å²) in [6.07, 6.45) is 0. The molecule has 0 aromatic heterocycles. The van der Waals surface area contributed by atoms with E-state index in [1.165, 1.54) is 0 Å². The van der Waals surface area contributed by atoms with Crippen LogP contribution in [0, 0.1) is 0 Å². The number of ether oxygens (including phenoxy) is 2. The van der Waals surface area contributed by atoms with E-state index >= 15 is 0 Å². The van der Waals surface area contributed by atoms with Crippen molar-refractivity contribution in [3.63, 3.8) is 0 Å². The van der Waals surface area contributed by atoms with E-state index in [1.807, 2.05) is 92.8 Å². The van der Waals surface area contributed by atoms with Gasteiger partial charge < -0.3 is 19.7 Å². The molecule has 5 heteroatoms. The van der Waals surface area contributed by atoms with Gasteiger partial charge in [0.2, 0.25) is 0 Å². The molecule has 0 aliphatic rings. The number of amides is 1. The van der Waals surface area contributed by atoms with E-state index in [2.05, 4.69) is 5.32 Å². The Morgan fingerprint density at radius 1 is 0.935 bits per heavy atom. The summed E-state index contributed by atoms with van der Waals surface area (Å²) >= 11 is 0. The monoisotopic (exact) mass is 419 g/mol. The van der Waals surface area contributed by atoms with Crippen LogP contribution in [0.5, 0.6) is 11.5 Å². The second-order valence-electron chi connectivity index (χ2n) is 7.77. The summed E-state index contributed by atoms with van der Waals surface area (Å²) in [5, 5.41) is 3.07. The summed E-state index contributed by atoms with van der Waals surface area (Å²) in [7, 11) is 3.66. The molecule has 162 valence electrons. The molecule has 3 aromatic rings. The SMILES string of the molecule is COc1cc(C[NH+](C)CC(=O)N[C@@H](C)c2ccccc2)ccc1OCc1ccccc1. The van der Waals surface area contributed by atoms with Gasteiger partial charge in [0.15, 0.2) is 18.0 Å². The minimum absolute atomic E-state index is 0.0114. The number of rotatable bonds is 10. The van der Waals surface area contributed by atoms with E-state index in [0.717, 1.165) is 21.6 Å². The highest BCUT2D eigenvalue weighted by atomic mass is 16.5. The highest BCUT2D eigenvalue weighted by Crippen LogP contribution is 2.28. The molecule has 1 amide bonds. The molecular weight excluding hydrogens is 388 g/mol. The van der Waals surface area contributed by atoms with Crippen LogP contribution in [0.15, 0.2) is 78.9 Å². The molecule has 0 aliphatic heterocycles. The number of methoxy groups -OCH3 is 1. The molecule has 0 aliphatic carbocycles. The lowest BCUT2D eigenvalue weighted by molar-refractivity contribution is -0.885. The second-order valence-corrected chi connectivity index (χ2v) is 7.77. The Hall–Kier alpha value is -3.31. The molecule has 31 heavy (non-hydrogen) atoms. The fourth-order valence-corrected chi connectivity index (χ4v) is 3.48. The predicted octanol–water partition coefficient (Wildman–Crippen LogP) is 3.17. The minimum Gasteiger partial charge on any atom is -0.493 e. The summed E-state index contributed by atoms with van der Waals surface area (Å²) in [5.41, 5.74) is 3.29. The third kappa shape index (κ3) is 6.86. The predicted molar refractivity (Wildman–Crippen MR) is 122 cm³/mol. The normalized spacial score (nSPS) is 12.6. The molecule has 0 saturated heterocycles. The molecule has 1 unspecified atom stereocenters. The van der Waals surface area contributed by atoms with Gasteiger partial charge in [0.05, 0.1) is 20.2 Å². The van der Waals surface area contributed by atoms with Gasteiger partial charge in [-0.2, -0.15) is 0 Å². The molecule has 2 atom stereocenters. The van der Waals surface area contributed by atoms with Gasteiger partial charge in [-0.1, -0.05) is 60.7 Å². The summed E-state index contributed by atoms with van der Waals surface area (Å²) in [6, 6.07) is 25.9. The van der Waals surface area contributed by atoms with Crippen LogP contribution in [0.4, 0.5) is 0 Å². The first-order valence-electron chi connectivity index (χ1n) is 10.5. The molecule has 0 saturated carbocycles. The van der Waals surface area contributed by atoms with Crippen LogP contribution >= 0.6 is 0 Å². The van der Waals surface area contributed by atoms with Crippen LogP contribution in [0.25, 0.3) is 0 Å². The lowest BCUT2D eigenvalue weighted by Gasteiger charge is -2.18. The van der Waals surface area contributed by atoms with Crippen molar-refractivity contribution in [3.05, 3.63) is 95.6 Å². The average Bonchev–Trinajstić information content (AvgIpc) is 2.79. The standard InChI is InChI=1S/C26H30N2O3/c1-20(23-12-8-5-9-13-23)27-26(29)18-28(2)17-22-14-15-24(25(16-22)30-3)31-19-21-10-6-4-7-11-21/h4-16,20H,17-19H2,1-3H3,(H,27,29)/p+1/t20-/m0/s1. The lowest BCUT2D eigenvalue weighted by Crippen LogP contribution is -3.08. The maximum Gasteiger partial charge on any atom is 0.275 e. The number of carbonyl (C=O) groups is 1. The van der Waals surface area contributed by atoms with Crippen molar-refractivity contribution in [1.82, 2.24) is 5.32 Å². The van der Waals surface area contributed by atoms with Crippen molar-refractivity contribution < 1.29 is 19.2 Å². The van der Waals surface area contributed by atoms with Gasteiger partial charge in [-0.25, -0.2) is 0 Å². The molecule has 2 N–H and O–H groups in total. The molecular formula is C26H31N2O3+. The summed E-state index contributed by atoms with van der Waals surface area (Å²) in [5.74, 6) is 1.44. The van der Waals surface area contributed by atoms with Crippen LogP contribution in [0.2, 0.25) is 0 Å². The van der Waals surface area contributed by atoms with E-state index in [-0.39, 0.29) is 11.9 Å². The Labute approximate surface area is 184 Å². The number of carbonyl (C=O) groups excluding carboxylic acids is 1. The first kappa shape index (κ1) is 22.4. The van der Waals surface area contributed by atoms with E-state index in [1.54, 1.807) is 7.11 Å². The molecule has 3 aromatic carbocycles. The Balaban J connectivity index is 1.53. The highest BCUT2D eigenvalue weighted by Gasteiger charge is 2.15. The van der Waals surface area contributed by atoms with Crippen LogP contribution in [-0.4, -0.2) is 26.6 Å². The van der Waals surface area contributed by atoms with Crippen molar-refractivity contribution in [3.8, 4) is 11.5 Å². The van der Waals surface area contributed by atoms with E-state index in [4.69, 9.17) is 9.47 Å². The first-order chi connectivity index (χ1) is 15.0. The number of quaternary nitrogens is 1. The fraction of sp³-hybridized carbons (Fsp3) is 0.269. The topological polar surface area (TPSA) is 52.0 Å². The van der Waals surface area contributed by atoms with Crippen molar-refractivity contribution in [2.45, 2.75) is 26.1 Å². The maximum atomic E-state index is 12.4. The van der Waals surface area contributed by atoms with Crippen LogP contribution in [0.1, 0.15) is 29.7 Å². The number of hydrogen-bond acceptors (Lipinski definition) is 3. The third-order valence-corrected chi connectivity index (χ3v) is 5.11. The quantitative estimate of drug-likeness (QED) is 0.531. The van der Waals surface area contributed by atoms with Crippen molar-refractivity contribution in [2.75, 3.05) is 20.7 Å².